The molecule has 1 aliphatic rings. The summed E-state index contributed by atoms with van der Waals surface area (Å²) < 4.78 is 45.6. The number of methoxy groups -OCH3 is 1. The number of aromatic nitrogens is 2. The van der Waals surface area contributed by atoms with Gasteiger partial charge in [0, 0.05) is 25.9 Å². The van der Waals surface area contributed by atoms with E-state index in [1.165, 1.54) is 17.0 Å². The standard InChI is InChI=1S/C22H21F3N4O3/c1-32-11-5-10-28-20(31)18(29-17-9-3-2-8-16(17)27-21(28)29)13-19(30)26-15-7-4-6-14(12-15)22(23,24)25/h2-4,6-9,12,18H,5,10-11,13H2,1H3,(H,26,30)/t18-/m1/s1. The topological polar surface area (TPSA) is 76.5 Å². The summed E-state index contributed by atoms with van der Waals surface area (Å²) in [6.45, 7) is 0.840. The van der Waals surface area contributed by atoms with E-state index in [0.717, 1.165) is 12.1 Å². The summed E-state index contributed by atoms with van der Waals surface area (Å²) in [5, 5.41) is 2.48. The van der Waals surface area contributed by atoms with E-state index < -0.39 is 23.7 Å². The van der Waals surface area contributed by atoms with Crippen LogP contribution in [0.4, 0.5) is 24.8 Å². The number of rotatable bonds is 7. The summed E-state index contributed by atoms with van der Waals surface area (Å²) in [7, 11) is 1.57. The van der Waals surface area contributed by atoms with Crippen molar-refractivity contribution in [2.24, 2.45) is 0 Å². The van der Waals surface area contributed by atoms with E-state index in [-0.39, 0.29) is 18.0 Å². The molecule has 32 heavy (non-hydrogen) atoms. The second kappa shape index (κ2) is 8.62. The number of hydrogen-bond acceptors (Lipinski definition) is 4. The number of amides is 2. The minimum Gasteiger partial charge on any atom is -0.385 e. The van der Waals surface area contributed by atoms with Crippen molar-refractivity contribution in [3.63, 3.8) is 0 Å². The third-order valence-electron chi connectivity index (χ3n) is 5.26. The van der Waals surface area contributed by atoms with Gasteiger partial charge in [0.05, 0.1) is 23.0 Å². The highest BCUT2D eigenvalue weighted by Gasteiger charge is 2.40. The monoisotopic (exact) mass is 446 g/mol. The number of fused-ring (bicyclic) bond motifs is 3. The number of carbonyl (C=O) groups excluding carboxylic acids is 2. The lowest BCUT2D eigenvalue weighted by Crippen LogP contribution is -2.32. The molecule has 4 rings (SSSR count). The molecule has 0 saturated heterocycles. The Morgan fingerprint density at radius 2 is 1.97 bits per heavy atom. The molecule has 0 fully saturated rings. The quantitative estimate of drug-likeness (QED) is 0.557. The largest absolute Gasteiger partial charge is 0.416 e. The predicted octanol–water partition coefficient (Wildman–Crippen LogP) is 4.01. The molecule has 0 aliphatic carbocycles. The Morgan fingerprint density at radius 3 is 2.72 bits per heavy atom. The highest BCUT2D eigenvalue weighted by atomic mass is 19.4. The zero-order valence-corrected chi connectivity index (χ0v) is 17.2. The van der Waals surface area contributed by atoms with Crippen molar-refractivity contribution in [3.05, 3.63) is 54.1 Å². The molecule has 2 aromatic carbocycles. The Hall–Kier alpha value is -3.40. The molecule has 2 amide bonds. The molecule has 0 saturated carbocycles. The van der Waals surface area contributed by atoms with Crippen LogP contribution in [0.5, 0.6) is 0 Å². The molecule has 168 valence electrons. The van der Waals surface area contributed by atoms with Crippen LogP contribution < -0.4 is 10.2 Å². The number of benzene rings is 2. The lowest BCUT2D eigenvalue weighted by atomic mass is 10.1. The minimum absolute atomic E-state index is 0.0166. The number of anilines is 2. The Bertz CT molecular complexity index is 1160. The van der Waals surface area contributed by atoms with Crippen LogP contribution in [0, 0.1) is 0 Å². The fourth-order valence-electron chi connectivity index (χ4n) is 3.84. The Labute approximate surface area is 181 Å². The molecular formula is C22H21F3N4O3. The second-order valence-electron chi connectivity index (χ2n) is 7.45. The zero-order valence-electron chi connectivity index (χ0n) is 17.2. The van der Waals surface area contributed by atoms with E-state index in [1.807, 2.05) is 24.3 Å². The maximum absolute atomic E-state index is 13.1. The van der Waals surface area contributed by atoms with Crippen molar-refractivity contribution >= 4 is 34.5 Å². The summed E-state index contributed by atoms with van der Waals surface area (Å²) in [6.07, 6.45) is -4.16. The maximum atomic E-state index is 13.1. The van der Waals surface area contributed by atoms with Crippen LogP contribution in [-0.2, 0) is 20.5 Å². The van der Waals surface area contributed by atoms with Crippen LogP contribution in [0.15, 0.2) is 48.5 Å². The van der Waals surface area contributed by atoms with Gasteiger partial charge in [-0.1, -0.05) is 18.2 Å². The van der Waals surface area contributed by atoms with Gasteiger partial charge in [0.15, 0.2) is 0 Å². The maximum Gasteiger partial charge on any atom is 0.416 e. The fraction of sp³-hybridized carbons (Fsp3) is 0.318. The smallest absolute Gasteiger partial charge is 0.385 e. The summed E-state index contributed by atoms with van der Waals surface area (Å²) in [6, 6.07) is 10.8. The van der Waals surface area contributed by atoms with Crippen molar-refractivity contribution in [3.8, 4) is 0 Å². The number of carbonyl (C=O) groups is 2. The zero-order chi connectivity index (χ0) is 22.9. The first kappa shape index (κ1) is 21.8. The van der Waals surface area contributed by atoms with E-state index in [1.54, 1.807) is 11.7 Å². The third-order valence-corrected chi connectivity index (χ3v) is 5.26. The molecule has 1 atom stereocenters. The third kappa shape index (κ3) is 4.18. The van der Waals surface area contributed by atoms with Gasteiger partial charge in [0.2, 0.25) is 11.9 Å². The van der Waals surface area contributed by atoms with Gasteiger partial charge in [-0.15, -0.1) is 0 Å². The summed E-state index contributed by atoms with van der Waals surface area (Å²) in [4.78, 5) is 31.9. The lowest BCUT2D eigenvalue weighted by molar-refractivity contribution is -0.137. The summed E-state index contributed by atoms with van der Waals surface area (Å²) in [5.74, 6) is -0.400. The van der Waals surface area contributed by atoms with Crippen LogP contribution in [-0.4, -0.2) is 41.6 Å². The van der Waals surface area contributed by atoms with E-state index in [0.29, 0.717) is 36.6 Å². The number of nitrogens with one attached hydrogen (secondary N) is 1. The first-order chi connectivity index (χ1) is 15.3. The number of imidazole rings is 1. The van der Waals surface area contributed by atoms with Crippen LogP contribution in [0.2, 0.25) is 0 Å². The van der Waals surface area contributed by atoms with Gasteiger partial charge < -0.3 is 10.1 Å². The van der Waals surface area contributed by atoms with Crippen LogP contribution in [0.25, 0.3) is 11.0 Å². The van der Waals surface area contributed by atoms with Crippen molar-refractivity contribution in [2.45, 2.75) is 25.1 Å². The normalized spacial score (nSPS) is 15.9. The van der Waals surface area contributed by atoms with E-state index in [4.69, 9.17) is 4.74 Å². The van der Waals surface area contributed by atoms with Crippen LogP contribution in [0.1, 0.15) is 24.4 Å². The molecule has 1 aromatic heterocycles. The number of alkyl halides is 3. The van der Waals surface area contributed by atoms with E-state index >= 15 is 0 Å². The van der Waals surface area contributed by atoms with Crippen molar-refractivity contribution in [1.29, 1.82) is 0 Å². The van der Waals surface area contributed by atoms with E-state index in [2.05, 4.69) is 10.3 Å². The molecular weight excluding hydrogens is 425 g/mol. The molecule has 0 radical (unpaired) electrons. The Kier molecular flexibility index (Phi) is 5.88. The van der Waals surface area contributed by atoms with Gasteiger partial charge in [-0.3, -0.25) is 19.1 Å². The van der Waals surface area contributed by atoms with Crippen LogP contribution in [0.3, 0.4) is 0 Å². The summed E-state index contributed by atoms with van der Waals surface area (Å²) >= 11 is 0. The molecule has 0 unspecified atom stereocenters. The van der Waals surface area contributed by atoms with Gasteiger partial charge in [0.25, 0.3) is 5.91 Å². The van der Waals surface area contributed by atoms with Crippen LogP contribution >= 0.6 is 0 Å². The highest BCUT2D eigenvalue weighted by Crippen LogP contribution is 2.37. The molecule has 1 N–H and O–H groups in total. The van der Waals surface area contributed by atoms with Crippen molar-refractivity contribution in [2.75, 3.05) is 30.5 Å². The highest BCUT2D eigenvalue weighted by molar-refractivity contribution is 6.05. The van der Waals surface area contributed by atoms with Gasteiger partial charge >= 0.3 is 6.18 Å². The minimum atomic E-state index is -4.52. The molecule has 3 aromatic rings. The molecule has 0 bridgehead atoms. The molecule has 2 heterocycles. The molecule has 10 heteroatoms. The van der Waals surface area contributed by atoms with Gasteiger partial charge in [-0.05, 0) is 36.8 Å². The predicted molar refractivity (Wildman–Crippen MR) is 112 cm³/mol. The number of hydrogen-bond donors (Lipinski definition) is 1. The second-order valence-corrected chi connectivity index (χ2v) is 7.45. The van der Waals surface area contributed by atoms with Gasteiger partial charge in [-0.25, -0.2) is 4.98 Å². The molecule has 7 nitrogen and oxygen atoms in total. The SMILES string of the molecule is COCCCN1C(=O)[C@@H](CC(=O)Nc2cccc(C(F)(F)F)c2)n2c1nc1ccccc12. The van der Waals surface area contributed by atoms with Gasteiger partial charge in [0.1, 0.15) is 6.04 Å². The summed E-state index contributed by atoms with van der Waals surface area (Å²) in [5.41, 5.74) is 0.555. The van der Waals surface area contributed by atoms with Crippen molar-refractivity contribution in [1.82, 2.24) is 9.55 Å². The number of ether oxygens (including phenoxy) is 1. The molecule has 1 aliphatic heterocycles. The Morgan fingerprint density at radius 1 is 1.19 bits per heavy atom. The lowest BCUT2D eigenvalue weighted by Gasteiger charge is -2.16. The average Bonchev–Trinajstić information content (AvgIpc) is 3.24. The number of nitrogens with zero attached hydrogens (tertiary/aromatic N) is 3. The van der Waals surface area contributed by atoms with Crippen molar-refractivity contribution < 1.29 is 27.5 Å². The van der Waals surface area contributed by atoms with Gasteiger partial charge in [-0.2, -0.15) is 13.2 Å². The number of halogens is 3. The first-order valence-corrected chi connectivity index (χ1v) is 10.0. The fourth-order valence-corrected chi connectivity index (χ4v) is 3.84. The first-order valence-electron chi connectivity index (χ1n) is 10.0. The van der Waals surface area contributed by atoms with E-state index in [9.17, 15) is 22.8 Å². The number of para-hydroxylation sites is 2. The average molecular weight is 446 g/mol. The molecule has 0 spiro atoms. The Balaban J connectivity index is 1.58.